The second-order valence-electron chi connectivity index (χ2n) is 5.65. The van der Waals surface area contributed by atoms with Gasteiger partial charge in [-0.3, -0.25) is 4.90 Å². The number of hydrogen-bond acceptors (Lipinski definition) is 4. The summed E-state index contributed by atoms with van der Waals surface area (Å²) in [5, 5.41) is 0. The molecule has 4 nitrogen and oxygen atoms in total. The zero-order valence-electron chi connectivity index (χ0n) is 12.5. The van der Waals surface area contributed by atoms with Crippen LogP contribution in [0.25, 0.3) is 0 Å². The van der Waals surface area contributed by atoms with Crippen LogP contribution in [0.1, 0.15) is 41.9 Å². The van der Waals surface area contributed by atoms with Crippen molar-refractivity contribution in [2.45, 2.75) is 38.9 Å². The first-order valence-electron chi connectivity index (χ1n) is 7.62. The van der Waals surface area contributed by atoms with E-state index in [0.29, 0.717) is 0 Å². The molecule has 1 atom stereocenters. The fraction of sp³-hybridized carbons (Fsp3) is 0.412. The summed E-state index contributed by atoms with van der Waals surface area (Å²) in [5.74, 6) is 0. The number of nitrogens with two attached hydrogens (primary N) is 1. The van der Waals surface area contributed by atoms with Crippen LogP contribution in [0.5, 0.6) is 0 Å². The first-order chi connectivity index (χ1) is 10.3. The van der Waals surface area contributed by atoms with Gasteiger partial charge in [-0.15, -0.1) is 0 Å². The first kappa shape index (κ1) is 14.2. The number of hydrogen-bond donors (Lipinski definition) is 1. The van der Waals surface area contributed by atoms with Gasteiger partial charge in [0.2, 0.25) is 0 Å². The monoisotopic (exact) mass is 282 g/mol. The van der Waals surface area contributed by atoms with Crippen LogP contribution in [0.2, 0.25) is 0 Å². The van der Waals surface area contributed by atoms with E-state index in [2.05, 4.69) is 52.1 Å². The number of fused-ring (bicyclic) bond motifs is 1. The molecule has 1 aliphatic rings. The van der Waals surface area contributed by atoms with E-state index in [4.69, 9.17) is 5.73 Å². The van der Waals surface area contributed by atoms with Crippen LogP contribution in [0.3, 0.4) is 0 Å². The average molecular weight is 282 g/mol. The highest BCUT2D eigenvalue weighted by Gasteiger charge is 2.22. The van der Waals surface area contributed by atoms with Crippen molar-refractivity contribution in [3.8, 4) is 0 Å². The molecule has 0 bridgehead atoms. The Morgan fingerprint density at radius 2 is 2.05 bits per heavy atom. The third-order valence-electron chi connectivity index (χ3n) is 4.16. The van der Waals surface area contributed by atoms with Gasteiger partial charge >= 0.3 is 0 Å². The topological polar surface area (TPSA) is 55.0 Å². The molecule has 1 unspecified atom stereocenters. The molecule has 0 radical (unpaired) electrons. The normalized spacial score (nSPS) is 16.5. The van der Waals surface area contributed by atoms with E-state index in [1.165, 1.54) is 11.1 Å². The van der Waals surface area contributed by atoms with E-state index in [1.807, 2.05) is 0 Å². The second-order valence-corrected chi connectivity index (χ2v) is 5.65. The van der Waals surface area contributed by atoms with Crippen molar-refractivity contribution in [3.05, 3.63) is 59.2 Å². The van der Waals surface area contributed by atoms with Gasteiger partial charge in [0.25, 0.3) is 0 Å². The van der Waals surface area contributed by atoms with Crippen molar-refractivity contribution < 1.29 is 0 Å². The Morgan fingerprint density at radius 3 is 2.81 bits per heavy atom. The SMILES string of the molecule is CCC(N)c1ncnc2c1CCN(Cc1ccccc1)C2. The summed E-state index contributed by atoms with van der Waals surface area (Å²) in [4.78, 5) is 11.3. The molecule has 4 heteroatoms. The number of nitrogens with zero attached hydrogens (tertiary/aromatic N) is 3. The van der Waals surface area contributed by atoms with Gasteiger partial charge < -0.3 is 5.73 Å². The maximum absolute atomic E-state index is 6.17. The van der Waals surface area contributed by atoms with Gasteiger partial charge in [-0.2, -0.15) is 0 Å². The molecule has 1 aromatic carbocycles. The van der Waals surface area contributed by atoms with E-state index in [0.717, 1.165) is 43.9 Å². The predicted octanol–water partition coefficient (Wildman–Crippen LogP) is 2.44. The Hall–Kier alpha value is -1.78. The quantitative estimate of drug-likeness (QED) is 0.936. The van der Waals surface area contributed by atoms with Gasteiger partial charge in [-0.25, -0.2) is 9.97 Å². The first-order valence-corrected chi connectivity index (χ1v) is 7.62. The third-order valence-corrected chi connectivity index (χ3v) is 4.16. The number of aromatic nitrogens is 2. The van der Waals surface area contributed by atoms with Crippen molar-refractivity contribution in [2.75, 3.05) is 6.54 Å². The number of benzene rings is 1. The lowest BCUT2D eigenvalue weighted by Gasteiger charge is -2.29. The molecule has 0 spiro atoms. The molecular formula is C17H22N4. The Balaban J connectivity index is 1.77. The Kier molecular flexibility index (Phi) is 4.27. The van der Waals surface area contributed by atoms with Crippen LogP contribution in [0.4, 0.5) is 0 Å². The summed E-state index contributed by atoms with van der Waals surface area (Å²) in [5.41, 5.74) is 11.0. The minimum atomic E-state index is 0.0300. The van der Waals surface area contributed by atoms with E-state index >= 15 is 0 Å². The zero-order chi connectivity index (χ0) is 14.7. The lowest BCUT2D eigenvalue weighted by atomic mass is 9.98. The molecular weight excluding hydrogens is 260 g/mol. The van der Waals surface area contributed by atoms with Crippen LogP contribution >= 0.6 is 0 Å². The van der Waals surface area contributed by atoms with Gasteiger partial charge in [-0.05, 0) is 24.0 Å². The summed E-state index contributed by atoms with van der Waals surface area (Å²) in [6, 6.07) is 10.6. The Labute approximate surface area is 126 Å². The van der Waals surface area contributed by atoms with E-state index in [1.54, 1.807) is 6.33 Å². The Bertz CT molecular complexity index is 597. The lowest BCUT2D eigenvalue weighted by Crippen LogP contribution is -2.32. The van der Waals surface area contributed by atoms with E-state index in [9.17, 15) is 0 Å². The van der Waals surface area contributed by atoms with Gasteiger partial charge in [0.05, 0.1) is 11.4 Å². The van der Waals surface area contributed by atoms with Crippen molar-refractivity contribution in [3.63, 3.8) is 0 Å². The number of rotatable bonds is 4. The average Bonchev–Trinajstić information content (AvgIpc) is 2.54. The summed E-state index contributed by atoms with van der Waals surface area (Å²) in [7, 11) is 0. The van der Waals surface area contributed by atoms with Crippen LogP contribution in [-0.2, 0) is 19.5 Å². The molecule has 1 aliphatic heterocycles. The molecule has 110 valence electrons. The van der Waals surface area contributed by atoms with Gasteiger partial charge in [-0.1, -0.05) is 37.3 Å². The maximum Gasteiger partial charge on any atom is 0.116 e. The smallest absolute Gasteiger partial charge is 0.116 e. The molecule has 2 heterocycles. The second kappa shape index (κ2) is 6.33. The van der Waals surface area contributed by atoms with Crippen molar-refractivity contribution >= 4 is 0 Å². The van der Waals surface area contributed by atoms with Gasteiger partial charge in [0.1, 0.15) is 6.33 Å². The lowest BCUT2D eigenvalue weighted by molar-refractivity contribution is 0.240. The standard InChI is InChI=1S/C17H22N4/c1-2-15(18)17-14-8-9-21(11-16(14)19-12-20-17)10-13-6-4-3-5-7-13/h3-7,12,15H,2,8-11,18H2,1H3. The van der Waals surface area contributed by atoms with Crippen LogP contribution < -0.4 is 5.73 Å². The Morgan fingerprint density at radius 1 is 1.24 bits per heavy atom. The predicted molar refractivity (Wildman–Crippen MR) is 83.5 cm³/mol. The summed E-state index contributed by atoms with van der Waals surface area (Å²) >= 11 is 0. The van der Waals surface area contributed by atoms with Crippen LogP contribution in [-0.4, -0.2) is 21.4 Å². The van der Waals surface area contributed by atoms with Crippen molar-refractivity contribution in [1.29, 1.82) is 0 Å². The third kappa shape index (κ3) is 3.12. The fourth-order valence-corrected chi connectivity index (χ4v) is 2.92. The van der Waals surface area contributed by atoms with Crippen molar-refractivity contribution in [1.82, 2.24) is 14.9 Å². The van der Waals surface area contributed by atoms with Crippen molar-refractivity contribution in [2.24, 2.45) is 5.73 Å². The molecule has 2 aromatic rings. The van der Waals surface area contributed by atoms with Crippen LogP contribution in [0, 0.1) is 0 Å². The zero-order valence-corrected chi connectivity index (χ0v) is 12.5. The van der Waals surface area contributed by atoms with Gasteiger partial charge in [0.15, 0.2) is 0 Å². The highest BCUT2D eigenvalue weighted by Crippen LogP contribution is 2.24. The fourth-order valence-electron chi connectivity index (χ4n) is 2.92. The molecule has 0 saturated carbocycles. The van der Waals surface area contributed by atoms with Gasteiger partial charge in [0, 0.05) is 25.7 Å². The van der Waals surface area contributed by atoms with E-state index < -0.39 is 0 Å². The molecule has 1 aromatic heterocycles. The van der Waals surface area contributed by atoms with E-state index in [-0.39, 0.29) is 6.04 Å². The largest absolute Gasteiger partial charge is 0.323 e. The van der Waals surface area contributed by atoms with Crippen LogP contribution in [0.15, 0.2) is 36.7 Å². The molecule has 2 N–H and O–H groups in total. The summed E-state index contributed by atoms with van der Waals surface area (Å²) in [6.07, 6.45) is 3.57. The minimum absolute atomic E-state index is 0.0300. The minimum Gasteiger partial charge on any atom is -0.323 e. The summed E-state index contributed by atoms with van der Waals surface area (Å²) < 4.78 is 0. The maximum atomic E-state index is 6.17. The molecule has 3 rings (SSSR count). The molecule has 0 fully saturated rings. The summed E-state index contributed by atoms with van der Waals surface area (Å²) in [6.45, 7) is 5.00. The molecule has 0 saturated heterocycles. The highest BCUT2D eigenvalue weighted by molar-refractivity contribution is 5.29. The molecule has 0 aliphatic carbocycles. The molecule has 0 amide bonds. The molecule has 21 heavy (non-hydrogen) atoms. The highest BCUT2D eigenvalue weighted by atomic mass is 15.1.